The fraction of sp³-hybridized carbons (Fsp3) is 0.863. The predicted octanol–water partition coefficient (Wildman–Crippen LogP) is 14.8. The Hall–Kier alpha value is -1.32. The number of aliphatic hydroxyl groups excluding tert-OH is 2. The van der Waals surface area contributed by atoms with Crippen molar-refractivity contribution in [1.82, 2.24) is 0 Å². The Morgan fingerprint density at radius 2 is 0.885 bits per heavy atom. The van der Waals surface area contributed by atoms with E-state index in [9.17, 15) is 19.4 Å². The van der Waals surface area contributed by atoms with Crippen LogP contribution in [-0.2, 0) is 27.9 Å². The number of hydrogen-bond donors (Lipinski definition) is 3. The number of carbonyl (C=O) groups is 1. The van der Waals surface area contributed by atoms with Gasteiger partial charge in [-0.05, 0) is 70.6 Å². The minimum Gasteiger partial charge on any atom is -0.457 e. The molecule has 3 atom stereocenters. The fourth-order valence-corrected chi connectivity index (χ4v) is 7.94. The molecule has 0 radical (unpaired) electrons. The summed E-state index contributed by atoms with van der Waals surface area (Å²) in [7, 11) is -4.52. The van der Waals surface area contributed by atoms with Crippen molar-refractivity contribution in [3.05, 3.63) is 36.5 Å². The van der Waals surface area contributed by atoms with Crippen LogP contribution in [-0.4, -0.2) is 66.3 Å². The smallest absolute Gasteiger partial charge is 0.457 e. The maximum Gasteiger partial charge on any atom is 0.472 e. The molecule has 0 amide bonds. The SMILES string of the molecule is CCCCCC/C=C\C/C=C\CCCCCCCCCCOCC(COP(=O)(O)OCC(O)CO)OC(=O)CCCCCCCCCCC/C=C\CCCCCCCCCC. The lowest BCUT2D eigenvalue weighted by Crippen LogP contribution is -2.29. The summed E-state index contributed by atoms with van der Waals surface area (Å²) < 4.78 is 33.5. The average molecular weight is 885 g/mol. The van der Waals surface area contributed by atoms with E-state index in [1.165, 1.54) is 167 Å². The van der Waals surface area contributed by atoms with Crippen LogP contribution in [0.25, 0.3) is 0 Å². The van der Waals surface area contributed by atoms with E-state index in [1.807, 2.05) is 0 Å². The summed E-state index contributed by atoms with van der Waals surface area (Å²) in [6.45, 7) is 3.52. The van der Waals surface area contributed by atoms with E-state index >= 15 is 0 Å². The van der Waals surface area contributed by atoms with Crippen molar-refractivity contribution in [2.45, 2.75) is 251 Å². The molecule has 3 N–H and O–H groups in total. The molecule has 3 unspecified atom stereocenters. The average Bonchev–Trinajstić information content (AvgIpc) is 3.25. The zero-order chi connectivity index (χ0) is 44.6. The van der Waals surface area contributed by atoms with Crippen molar-refractivity contribution in [2.75, 3.05) is 33.0 Å². The molecule has 0 rings (SSSR count). The van der Waals surface area contributed by atoms with Crippen molar-refractivity contribution in [3.8, 4) is 0 Å². The van der Waals surface area contributed by atoms with Crippen molar-refractivity contribution >= 4 is 13.8 Å². The predicted molar refractivity (Wildman–Crippen MR) is 256 cm³/mol. The van der Waals surface area contributed by atoms with E-state index in [-0.39, 0.29) is 25.6 Å². The van der Waals surface area contributed by atoms with Gasteiger partial charge in [-0.2, -0.15) is 0 Å². The Balaban J connectivity index is 4.08. The number of phosphoric ester groups is 1. The third-order valence-electron chi connectivity index (χ3n) is 11.0. The van der Waals surface area contributed by atoms with Gasteiger partial charge in [0.15, 0.2) is 0 Å². The number of carbonyl (C=O) groups excluding carboxylic acids is 1. The largest absolute Gasteiger partial charge is 0.472 e. The number of unbranched alkanes of at least 4 members (excludes halogenated alkanes) is 29. The summed E-state index contributed by atoms with van der Waals surface area (Å²) in [5, 5.41) is 18.4. The van der Waals surface area contributed by atoms with Crippen LogP contribution in [0, 0.1) is 0 Å². The van der Waals surface area contributed by atoms with Crippen LogP contribution in [0.2, 0.25) is 0 Å². The lowest BCUT2D eigenvalue weighted by Gasteiger charge is -2.20. The molecule has 0 aliphatic heterocycles. The Morgan fingerprint density at radius 3 is 1.34 bits per heavy atom. The first-order chi connectivity index (χ1) is 29.8. The van der Waals surface area contributed by atoms with Gasteiger partial charge in [0.1, 0.15) is 12.2 Å². The first-order valence-electron chi connectivity index (χ1n) is 25.5. The van der Waals surface area contributed by atoms with Crippen LogP contribution in [0.1, 0.15) is 239 Å². The number of rotatable bonds is 49. The number of allylic oxidation sites excluding steroid dienone is 6. The zero-order valence-electron chi connectivity index (χ0n) is 39.6. The van der Waals surface area contributed by atoms with Gasteiger partial charge < -0.3 is 24.6 Å². The Bertz CT molecular complexity index is 1050. The second kappa shape index (κ2) is 48.1. The molecular weight excluding hydrogens is 788 g/mol. The van der Waals surface area contributed by atoms with Crippen molar-refractivity contribution in [2.24, 2.45) is 0 Å². The first kappa shape index (κ1) is 59.7. The Morgan fingerprint density at radius 1 is 0.508 bits per heavy atom. The third kappa shape index (κ3) is 48.0. The number of aliphatic hydroxyl groups is 2. The summed E-state index contributed by atoms with van der Waals surface area (Å²) in [5.74, 6) is -0.384. The summed E-state index contributed by atoms with van der Waals surface area (Å²) in [6.07, 6.45) is 53.9. The van der Waals surface area contributed by atoms with Crippen LogP contribution >= 0.6 is 7.82 Å². The highest BCUT2D eigenvalue weighted by Gasteiger charge is 2.26. The van der Waals surface area contributed by atoms with Crippen LogP contribution < -0.4 is 0 Å². The fourth-order valence-electron chi connectivity index (χ4n) is 7.15. The number of esters is 1. The van der Waals surface area contributed by atoms with Crippen LogP contribution in [0.4, 0.5) is 0 Å². The van der Waals surface area contributed by atoms with Gasteiger partial charge in [-0.25, -0.2) is 4.57 Å². The Labute approximate surface area is 375 Å². The molecule has 0 fully saturated rings. The van der Waals surface area contributed by atoms with E-state index in [0.29, 0.717) is 6.61 Å². The molecule has 0 aliphatic rings. The molecule has 0 aromatic rings. The summed E-state index contributed by atoms with van der Waals surface area (Å²) in [5.41, 5.74) is 0. The molecule has 0 aromatic heterocycles. The minimum absolute atomic E-state index is 0.0460. The summed E-state index contributed by atoms with van der Waals surface area (Å²) >= 11 is 0. The summed E-state index contributed by atoms with van der Waals surface area (Å²) in [4.78, 5) is 22.7. The number of hydrogen-bond acceptors (Lipinski definition) is 8. The normalized spacial score (nSPS) is 14.1. The highest BCUT2D eigenvalue weighted by Crippen LogP contribution is 2.43. The standard InChI is InChI=1S/C51H97O9P/c1-3-5-7-9-11-13-15-17-19-21-23-24-25-27-29-31-33-35-37-39-41-43-51(54)60-50(48-59-61(55,56)58-46-49(53)45-52)47-57-44-42-40-38-36-34-32-30-28-26-22-20-18-16-14-12-10-8-6-4-2/h14,16,20-23,49-50,52-53H,3-13,15,17-19,24-48H2,1-2H3,(H,55,56)/b16-14-,22-20-,23-21-. The van der Waals surface area contributed by atoms with E-state index in [2.05, 4.69) is 50.3 Å². The highest BCUT2D eigenvalue weighted by molar-refractivity contribution is 7.47. The first-order valence-corrected chi connectivity index (χ1v) is 27.0. The zero-order valence-corrected chi connectivity index (χ0v) is 40.5. The molecule has 0 saturated carbocycles. The molecule has 0 aliphatic carbocycles. The molecule has 360 valence electrons. The van der Waals surface area contributed by atoms with Crippen molar-refractivity contribution in [1.29, 1.82) is 0 Å². The number of ether oxygens (including phenoxy) is 2. The van der Waals surface area contributed by atoms with E-state index in [0.717, 1.165) is 51.4 Å². The minimum atomic E-state index is -4.52. The van der Waals surface area contributed by atoms with Gasteiger partial charge in [0.2, 0.25) is 0 Å². The monoisotopic (exact) mass is 885 g/mol. The van der Waals surface area contributed by atoms with Crippen molar-refractivity contribution < 1.29 is 43.0 Å². The maximum atomic E-state index is 12.7. The molecule has 10 heteroatoms. The van der Waals surface area contributed by atoms with Gasteiger partial charge in [0, 0.05) is 13.0 Å². The molecule has 0 saturated heterocycles. The van der Waals surface area contributed by atoms with E-state index in [4.69, 9.17) is 23.6 Å². The van der Waals surface area contributed by atoms with Gasteiger partial charge in [-0.1, -0.05) is 198 Å². The maximum absolute atomic E-state index is 12.7. The Kier molecular flexibility index (Phi) is 47.1. The highest BCUT2D eigenvalue weighted by atomic mass is 31.2. The lowest BCUT2D eigenvalue weighted by molar-refractivity contribution is -0.154. The molecule has 0 bridgehead atoms. The van der Waals surface area contributed by atoms with Gasteiger partial charge in [-0.15, -0.1) is 0 Å². The van der Waals surface area contributed by atoms with Crippen LogP contribution in [0.5, 0.6) is 0 Å². The topological polar surface area (TPSA) is 132 Å². The molecular formula is C51H97O9P. The number of phosphoric acid groups is 1. The summed E-state index contributed by atoms with van der Waals surface area (Å²) in [6, 6.07) is 0. The van der Waals surface area contributed by atoms with Gasteiger partial charge >= 0.3 is 13.8 Å². The second-order valence-electron chi connectivity index (χ2n) is 17.2. The van der Waals surface area contributed by atoms with Gasteiger partial charge in [0.25, 0.3) is 0 Å². The lowest BCUT2D eigenvalue weighted by atomic mass is 10.1. The van der Waals surface area contributed by atoms with Crippen molar-refractivity contribution in [3.63, 3.8) is 0 Å². The molecule has 0 heterocycles. The van der Waals surface area contributed by atoms with E-state index < -0.39 is 33.2 Å². The van der Waals surface area contributed by atoms with E-state index in [1.54, 1.807) is 0 Å². The molecule has 9 nitrogen and oxygen atoms in total. The molecule has 0 aromatic carbocycles. The third-order valence-corrected chi connectivity index (χ3v) is 12.0. The molecule has 0 spiro atoms. The second-order valence-corrected chi connectivity index (χ2v) is 18.6. The van der Waals surface area contributed by atoms with Gasteiger partial charge in [-0.3, -0.25) is 13.8 Å². The molecule has 61 heavy (non-hydrogen) atoms. The van der Waals surface area contributed by atoms with Crippen LogP contribution in [0.15, 0.2) is 36.5 Å². The quantitative estimate of drug-likeness (QED) is 0.0236. The van der Waals surface area contributed by atoms with Crippen LogP contribution in [0.3, 0.4) is 0 Å². The van der Waals surface area contributed by atoms with Gasteiger partial charge in [0.05, 0.1) is 26.4 Å².